The van der Waals surface area contributed by atoms with E-state index in [1.807, 2.05) is 32.0 Å². The van der Waals surface area contributed by atoms with Crippen molar-refractivity contribution in [3.05, 3.63) is 58.1 Å². The smallest absolute Gasteiger partial charge is 0.410 e. The van der Waals surface area contributed by atoms with Gasteiger partial charge in [-0.2, -0.15) is 0 Å². The summed E-state index contributed by atoms with van der Waals surface area (Å²) in [4.78, 5) is 24.1. The van der Waals surface area contributed by atoms with Gasteiger partial charge in [0, 0.05) is 4.47 Å². The molecule has 0 saturated heterocycles. The number of anilines is 1. The molecule has 0 spiro atoms. The normalized spacial score (nSPS) is 11.5. The summed E-state index contributed by atoms with van der Waals surface area (Å²) in [5.74, 6) is 0.0866. The zero-order valence-corrected chi connectivity index (χ0v) is 15.3. The lowest BCUT2D eigenvalue weighted by molar-refractivity contribution is -0.117. The van der Waals surface area contributed by atoms with Crippen molar-refractivity contribution in [2.24, 2.45) is 0 Å². The molecule has 0 saturated carbocycles. The standard InChI is InChI=1S/C18H19BrN2O3/c1-11-9-15(19)16(10-12(11)2)21-17(22)13(3)20-18(23)24-14-7-5-4-6-8-14/h4-10,13H,1-3H3,(H,20,23)(H,21,22)/t13-/m0/s1. The summed E-state index contributed by atoms with van der Waals surface area (Å²) in [6, 6.07) is 11.7. The molecule has 0 unspecified atom stereocenters. The maximum absolute atomic E-state index is 12.2. The quantitative estimate of drug-likeness (QED) is 0.822. The number of ether oxygens (including phenoxy) is 1. The van der Waals surface area contributed by atoms with Crippen LogP contribution in [0.4, 0.5) is 10.5 Å². The number of amides is 2. The molecule has 2 N–H and O–H groups in total. The van der Waals surface area contributed by atoms with Crippen LogP contribution in [0.15, 0.2) is 46.9 Å². The number of hydrogen-bond donors (Lipinski definition) is 2. The Morgan fingerprint density at radius 2 is 1.71 bits per heavy atom. The van der Waals surface area contributed by atoms with Crippen molar-refractivity contribution in [3.63, 3.8) is 0 Å². The van der Waals surface area contributed by atoms with Gasteiger partial charge in [-0.3, -0.25) is 4.79 Å². The number of aryl methyl sites for hydroxylation is 2. The van der Waals surface area contributed by atoms with E-state index in [1.165, 1.54) is 0 Å². The third-order valence-corrected chi connectivity index (χ3v) is 4.18. The molecule has 0 fully saturated rings. The predicted octanol–water partition coefficient (Wildman–Crippen LogP) is 4.18. The maximum atomic E-state index is 12.2. The molecule has 126 valence electrons. The monoisotopic (exact) mass is 390 g/mol. The Bertz CT molecular complexity index is 747. The van der Waals surface area contributed by atoms with Crippen LogP contribution in [0.1, 0.15) is 18.1 Å². The second-order valence-corrected chi connectivity index (χ2v) is 6.33. The van der Waals surface area contributed by atoms with E-state index in [0.717, 1.165) is 15.6 Å². The summed E-state index contributed by atoms with van der Waals surface area (Å²) >= 11 is 3.43. The molecule has 24 heavy (non-hydrogen) atoms. The molecule has 0 aliphatic rings. The summed E-state index contributed by atoms with van der Waals surface area (Å²) in [5.41, 5.74) is 2.85. The van der Waals surface area contributed by atoms with Gasteiger partial charge in [0.25, 0.3) is 0 Å². The van der Waals surface area contributed by atoms with E-state index in [0.29, 0.717) is 11.4 Å². The molecule has 2 amide bonds. The Labute approximate surface area is 149 Å². The van der Waals surface area contributed by atoms with Gasteiger partial charge in [0.15, 0.2) is 0 Å². The van der Waals surface area contributed by atoms with Crippen molar-refractivity contribution in [1.82, 2.24) is 5.32 Å². The minimum absolute atomic E-state index is 0.330. The van der Waals surface area contributed by atoms with Crippen LogP contribution in [0.3, 0.4) is 0 Å². The minimum Gasteiger partial charge on any atom is -0.410 e. The van der Waals surface area contributed by atoms with Crippen LogP contribution in [-0.2, 0) is 4.79 Å². The highest BCUT2D eigenvalue weighted by molar-refractivity contribution is 9.10. The average Bonchev–Trinajstić information content (AvgIpc) is 2.53. The molecule has 0 radical (unpaired) electrons. The van der Waals surface area contributed by atoms with Crippen LogP contribution in [0.5, 0.6) is 5.75 Å². The number of nitrogens with one attached hydrogen (secondary N) is 2. The van der Waals surface area contributed by atoms with E-state index in [2.05, 4.69) is 26.6 Å². The number of carbonyl (C=O) groups excluding carboxylic acids is 2. The van der Waals surface area contributed by atoms with Gasteiger partial charge in [0.05, 0.1) is 5.69 Å². The Morgan fingerprint density at radius 3 is 2.38 bits per heavy atom. The lowest BCUT2D eigenvalue weighted by Gasteiger charge is -2.16. The van der Waals surface area contributed by atoms with Gasteiger partial charge in [0.1, 0.15) is 11.8 Å². The number of hydrogen-bond acceptors (Lipinski definition) is 3. The van der Waals surface area contributed by atoms with Crippen molar-refractivity contribution >= 4 is 33.6 Å². The summed E-state index contributed by atoms with van der Waals surface area (Å²) < 4.78 is 5.89. The summed E-state index contributed by atoms with van der Waals surface area (Å²) in [6.45, 7) is 5.56. The molecule has 0 heterocycles. The first-order chi connectivity index (χ1) is 11.4. The minimum atomic E-state index is -0.741. The summed E-state index contributed by atoms with van der Waals surface area (Å²) in [7, 11) is 0. The van der Waals surface area contributed by atoms with Gasteiger partial charge in [0.2, 0.25) is 5.91 Å². The molecular weight excluding hydrogens is 372 g/mol. The van der Waals surface area contributed by atoms with Crippen LogP contribution >= 0.6 is 15.9 Å². The zero-order chi connectivity index (χ0) is 17.7. The Kier molecular flexibility index (Phi) is 5.98. The number of carbonyl (C=O) groups is 2. The van der Waals surface area contributed by atoms with Crippen LogP contribution in [0.25, 0.3) is 0 Å². The van der Waals surface area contributed by atoms with Crippen molar-refractivity contribution in [2.45, 2.75) is 26.8 Å². The average molecular weight is 391 g/mol. The molecule has 5 nitrogen and oxygen atoms in total. The highest BCUT2D eigenvalue weighted by Gasteiger charge is 2.18. The lowest BCUT2D eigenvalue weighted by atomic mass is 10.1. The topological polar surface area (TPSA) is 67.4 Å². The molecule has 2 aromatic carbocycles. The second-order valence-electron chi connectivity index (χ2n) is 5.47. The van der Waals surface area contributed by atoms with Crippen LogP contribution in [0, 0.1) is 13.8 Å². The molecule has 2 aromatic rings. The van der Waals surface area contributed by atoms with E-state index in [-0.39, 0.29) is 5.91 Å². The molecule has 0 aromatic heterocycles. The molecule has 0 aliphatic heterocycles. The first-order valence-corrected chi connectivity index (χ1v) is 8.27. The molecule has 2 rings (SSSR count). The predicted molar refractivity (Wildman–Crippen MR) is 97.3 cm³/mol. The van der Waals surface area contributed by atoms with Gasteiger partial charge < -0.3 is 15.4 Å². The Morgan fingerprint density at radius 1 is 1.08 bits per heavy atom. The van der Waals surface area contributed by atoms with Gasteiger partial charge in [-0.1, -0.05) is 18.2 Å². The maximum Gasteiger partial charge on any atom is 0.413 e. The molecule has 0 bridgehead atoms. The largest absolute Gasteiger partial charge is 0.413 e. The van der Waals surface area contributed by atoms with E-state index in [1.54, 1.807) is 31.2 Å². The fourth-order valence-electron chi connectivity index (χ4n) is 1.99. The highest BCUT2D eigenvalue weighted by Crippen LogP contribution is 2.26. The SMILES string of the molecule is Cc1cc(Br)c(NC(=O)[C@H](C)NC(=O)Oc2ccccc2)cc1C. The van der Waals surface area contributed by atoms with E-state index >= 15 is 0 Å². The van der Waals surface area contributed by atoms with Crippen molar-refractivity contribution in [1.29, 1.82) is 0 Å². The number of benzene rings is 2. The van der Waals surface area contributed by atoms with E-state index in [4.69, 9.17) is 4.74 Å². The molecule has 1 atom stereocenters. The van der Waals surface area contributed by atoms with Crippen LogP contribution < -0.4 is 15.4 Å². The number of rotatable bonds is 4. The third-order valence-electron chi connectivity index (χ3n) is 3.52. The van der Waals surface area contributed by atoms with Crippen molar-refractivity contribution in [2.75, 3.05) is 5.32 Å². The van der Waals surface area contributed by atoms with Gasteiger partial charge in [-0.15, -0.1) is 0 Å². The van der Waals surface area contributed by atoms with Gasteiger partial charge >= 0.3 is 6.09 Å². The third kappa shape index (κ3) is 4.83. The van der Waals surface area contributed by atoms with Crippen molar-refractivity contribution in [3.8, 4) is 5.75 Å². The summed E-state index contributed by atoms with van der Waals surface area (Å²) in [5, 5.41) is 5.30. The first-order valence-electron chi connectivity index (χ1n) is 7.48. The van der Waals surface area contributed by atoms with Crippen molar-refractivity contribution < 1.29 is 14.3 Å². The molecule has 6 heteroatoms. The highest BCUT2D eigenvalue weighted by atomic mass is 79.9. The van der Waals surface area contributed by atoms with Crippen LogP contribution in [0.2, 0.25) is 0 Å². The Balaban J connectivity index is 1.95. The van der Waals surface area contributed by atoms with E-state index in [9.17, 15) is 9.59 Å². The number of halogens is 1. The summed E-state index contributed by atoms with van der Waals surface area (Å²) in [6.07, 6.45) is -0.678. The second kappa shape index (κ2) is 7.97. The zero-order valence-electron chi connectivity index (χ0n) is 13.7. The Hall–Kier alpha value is -2.34. The van der Waals surface area contributed by atoms with Gasteiger partial charge in [-0.05, 0) is 72.1 Å². The number of para-hydroxylation sites is 1. The fourth-order valence-corrected chi connectivity index (χ4v) is 2.54. The van der Waals surface area contributed by atoms with Crippen LogP contribution in [-0.4, -0.2) is 18.0 Å². The molecular formula is C18H19BrN2O3. The van der Waals surface area contributed by atoms with E-state index < -0.39 is 12.1 Å². The van der Waals surface area contributed by atoms with Gasteiger partial charge in [-0.25, -0.2) is 4.79 Å². The first kappa shape index (κ1) is 18.0. The fraction of sp³-hybridized carbons (Fsp3) is 0.222. The lowest BCUT2D eigenvalue weighted by Crippen LogP contribution is -2.42. The molecule has 0 aliphatic carbocycles.